The number of hydrogen-bond donors (Lipinski definition) is 2. The lowest BCUT2D eigenvalue weighted by Gasteiger charge is -2.31. The molecule has 3 N–H and O–H groups in total. The van der Waals surface area contributed by atoms with Crippen molar-refractivity contribution in [2.24, 2.45) is 18.7 Å². The summed E-state index contributed by atoms with van der Waals surface area (Å²) in [5.74, 6) is -0.759. The first-order valence-corrected chi connectivity index (χ1v) is 8.86. The molecule has 7 heteroatoms. The van der Waals surface area contributed by atoms with E-state index in [4.69, 9.17) is 5.73 Å². The number of nitrogens with one attached hydrogen (secondary N) is 1. The van der Waals surface area contributed by atoms with Crippen LogP contribution in [0.1, 0.15) is 23.2 Å². The predicted octanol–water partition coefficient (Wildman–Crippen LogP) is 0.466. The van der Waals surface area contributed by atoms with Gasteiger partial charge in [-0.3, -0.25) is 14.4 Å². The van der Waals surface area contributed by atoms with Gasteiger partial charge in [0.05, 0.1) is 11.4 Å². The molecule has 1 aromatic carbocycles. The number of aryl methyl sites for hydroxylation is 1. The largest absolute Gasteiger partial charge is 0.369 e. The molecule has 1 aliphatic heterocycles. The Labute approximate surface area is 151 Å². The molecule has 2 amide bonds. The molecule has 0 unspecified atom stereocenters. The first-order valence-electron chi connectivity index (χ1n) is 8.86. The standard InChI is InChI=1S/C19H24N4O3/c1-22-16-7-3-2-5-13(16)11-15(19(22)26)18(25)21-8-10-23-9-4-6-14(12-23)17(20)24/h2-3,5,7,11,14H,4,6,8-10,12H2,1H3,(H2,20,24)(H,21,25)/t14-/m1/s1. The molecule has 3 rings (SSSR count). The van der Waals surface area contributed by atoms with Gasteiger partial charge in [-0.05, 0) is 36.9 Å². The number of para-hydroxylation sites is 1. The minimum atomic E-state index is -0.375. The molecular formula is C19H24N4O3. The number of piperidine rings is 1. The maximum Gasteiger partial charge on any atom is 0.263 e. The zero-order valence-corrected chi connectivity index (χ0v) is 14.9. The van der Waals surface area contributed by atoms with E-state index in [2.05, 4.69) is 10.2 Å². The fourth-order valence-electron chi connectivity index (χ4n) is 3.50. The second-order valence-electron chi connectivity index (χ2n) is 6.78. The molecule has 2 aromatic rings. The quantitative estimate of drug-likeness (QED) is 0.813. The van der Waals surface area contributed by atoms with Crippen molar-refractivity contribution in [1.29, 1.82) is 0 Å². The van der Waals surface area contributed by atoms with E-state index < -0.39 is 0 Å². The molecule has 0 aliphatic carbocycles. The molecule has 138 valence electrons. The number of pyridine rings is 1. The fourth-order valence-corrected chi connectivity index (χ4v) is 3.50. The molecule has 2 heterocycles. The number of primary amides is 1. The van der Waals surface area contributed by atoms with Crippen LogP contribution in [0, 0.1) is 5.92 Å². The van der Waals surface area contributed by atoms with E-state index in [9.17, 15) is 14.4 Å². The van der Waals surface area contributed by atoms with Crippen molar-refractivity contribution in [2.45, 2.75) is 12.8 Å². The van der Waals surface area contributed by atoms with Crippen molar-refractivity contribution in [1.82, 2.24) is 14.8 Å². The monoisotopic (exact) mass is 356 g/mol. The SMILES string of the molecule is Cn1c(=O)c(C(=O)NCCN2CCC[C@@H](C(N)=O)C2)cc2ccccc21. The lowest BCUT2D eigenvalue weighted by atomic mass is 9.97. The van der Waals surface area contributed by atoms with Crippen LogP contribution in [0.4, 0.5) is 0 Å². The number of hydrogen-bond acceptors (Lipinski definition) is 4. The van der Waals surface area contributed by atoms with E-state index in [1.807, 2.05) is 24.3 Å². The average Bonchev–Trinajstić information content (AvgIpc) is 2.64. The number of amides is 2. The third-order valence-electron chi connectivity index (χ3n) is 5.00. The highest BCUT2D eigenvalue weighted by atomic mass is 16.2. The van der Waals surface area contributed by atoms with Gasteiger partial charge in [0.1, 0.15) is 5.56 Å². The maximum absolute atomic E-state index is 12.5. The Morgan fingerprint density at radius 3 is 2.85 bits per heavy atom. The number of fused-ring (bicyclic) bond motifs is 1. The van der Waals surface area contributed by atoms with Gasteiger partial charge < -0.3 is 20.5 Å². The summed E-state index contributed by atoms with van der Waals surface area (Å²) < 4.78 is 1.49. The van der Waals surface area contributed by atoms with E-state index >= 15 is 0 Å². The summed E-state index contributed by atoms with van der Waals surface area (Å²) in [5.41, 5.74) is 6.00. The number of aromatic nitrogens is 1. The highest BCUT2D eigenvalue weighted by molar-refractivity contribution is 5.97. The van der Waals surface area contributed by atoms with Gasteiger partial charge in [0.15, 0.2) is 0 Å². The van der Waals surface area contributed by atoms with E-state index in [1.165, 1.54) is 4.57 Å². The smallest absolute Gasteiger partial charge is 0.263 e. The molecule has 1 fully saturated rings. The van der Waals surface area contributed by atoms with Gasteiger partial charge in [-0.15, -0.1) is 0 Å². The van der Waals surface area contributed by atoms with E-state index in [0.29, 0.717) is 19.6 Å². The van der Waals surface area contributed by atoms with Crippen LogP contribution >= 0.6 is 0 Å². The number of carbonyl (C=O) groups is 2. The Hall–Kier alpha value is -2.67. The zero-order chi connectivity index (χ0) is 18.7. The first kappa shape index (κ1) is 18.1. The van der Waals surface area contributed by atoms with Gasteiger partial charge in [-0.2, -0.15) is 0 Å². The van der Waals surface area contributed by atoms with Crippen molar-refractivity contribution in [2.75, 3.05) is 26.2 Å². The number of carbonyl (C=O) groups excluding carboxylic acids is 2. The van der Waals surface area contributed by atoms with Crippen LogP contribution in [-0.2, 0) is 11.8 Å². The molecule has 1 aromatic heterocycles. The third kappa shape index (κ3) is 3.77. The third-order valence-corrected chi connectivity index (χ3v) is 5.00. The van der Waals surface area contributed by atoms with Crippen molar-refractivity contribution in [3.8, 4) is 0 Å². The van der Waals surface area contributed by atoms with Crippen molar-refractivity contribution in [3.63, 3.8) is 0 Å². The Kier molecular flexibility index (Phi) is 5.37. The van der Waals surface area contributed by atoms with Crippen LogP contribution in [0.5, 0.6) is 0 Å². The minimum Gasteiger partial charge on any atom is -0.369 e. The van der Waals surface area contributed by atoms with Crippen LogP contribution in [0.25, 0.3) is 10.9 Å². The highest BCUT2D eigenvalue weighted by Gasteiger charge is 2.23. The van der Waals surface area contributed by atoms with Crippen molar-refractivity contribution in [3.05, 3.63) is 46.2 Å². The number of likely N-dealkylation sites (tertiary alicyclic amines) is 1. The molecule has 1 saturated heterocycles. The summed E-state index contributed by atoms with van der Waals surface area (Å²) in [4.78, 5) is 38.4. The van der Waals surface area contributed by atoms with Crippen LogP contribution in [-0.4, -0.2) is 47.5 Å². The average molecular weight is 356 g/mol. The van der Waals surface area contributed by atoms with Crippen molar-refractivity contribution < 1.29 is 9.59 Å². The summed E-state index contributed by atoms with van der Waals surface area (Å²) in [7, 11) is 1.67. The molecule has 1 aliphatic rings. The summed E-state index contributed by atoms with van der Waals surface area (Å²) in [5, 5.41) is 3.66. The Balaban J connectivity index is 1.64. The summed E-state index contributed by atoms with van der Waals surface area (Å²) in [6.07, 6.45) is 1.75. The summed E-state index contributed by atoms with van der Waals surface area (Å²) in [6.45, 7) is 2.56. The molecule has 0 saturated carbocycles. The number of benzene rings is 1. The van der Waals surface area contributed by atoms with Gasteiger partial charge in [0, 0.05) is 26.7 Å². The van der Waals surface area contributed by atoms with Crippen LogP contribution < -0.4 is 16.6 Å². The summed E-state index contributed by atoms with van der Waals surface area (Å²) >= 11 is 0. The van der Waals surface area contributed by atoms with Crippen LogP contribution in [0.15, 0.2) is 35.1 Å². The van der Waals surface area contributed by atoms with E-state index in [-0.39, 0.29) is 28.9 Å². The fraction of sp³-hybridized carbons (Fsp3) is 0.421. The number of nitrogens with two attached hydrogens (primary N) is 1. The lowest BCUT2D eigenvalue weighted by Crippen LogP contribution is -2.44. The van der Waals surface area contributed by atoms with Crippen molar-refractivity contribution >= 4 is 22.7 Å². The van der Waals surface area contributed by atoms with E-state index in [0.717, 1.165) is 30.3 Å². The topological polar surface area (TPSA) is 97.4 Å². The van der Waals surface area contributed by atoms with Gasteiger partial charge in [0.2, 0.25) is 5.91 Å². The van der Waals surface area contributed by atoms with Gasteiger partial charge in [-0.25, -0.2) is 0 Å². The summed E-state index contributed by atoms with van der Waals surface area (Å²) in [6, 6.07) is 9.10. The molecule has 0 bridgehead atoms. The zero-order valence-electron chi connectivity index (χ0n) is 14.9. The molecule has 0 radical (unpaired) electrons. The first-order chi connectivity index (χ1) is 12.5. The molecule has 26 heavy (non-hydrogen) atoms. The minimum absolute atomic E-state index is 0.118. The molecule has 7 nitrogen and oxygen atoms in total. The number of nitrogens with zero attached hydrogens (tertiary/aromatic N) is 2. The van der Waals surface area contributed by atoms with Gasteiger partial charge in [0.25, 0.3) is 11.5 Å². The van der Waals surface area contributed by atoms with Gasteiger partial charge in [-0.1, -0.05) is 18.2 Å². The Bertz CT molecular complexity index is 890. The predicted molar refractivity (Wildman–Crippen MR) is 99.9 cm³/mol. The normalized spacial score (nSPS) is 18.0. The Morgan fingerprint density at radius 1 is 1.31 bits per heavy atom. The lowest BCUT2D eigenvalue weighted by molar-refractivity contribution is -0.123. The van der Waals surface area contributed by atoms with E-state index in [1.54, 1.807) is 13.1 Å². The van der Waals surface area contributed by atoms with Gasteiger partial charge >= 0.3 is 0 Å². The second kappa shape index (κ2) is 7.70. The van der Waals surface area contributed by atoms with Crippen LogP contribution in [0.3, 0.4) is 0 Å². The van der Waals surface area contributed by atoms with Crippen LogP contribution in [0.2, 0.25) is 0 Å². The maximum atomic E-state index is 12.5. The Morgan fingerprint density at radius 2 is 2.08 bits per heavy atom. The second-order valence-corrected chi connectivity index (χ2v) is 6.78. The molecular weight excluding hydrogens is 332 g/mol. The number of rotatable bonds is 5. The molecule has 0 spiro atoms. The highest BCUT2D eigenvalue weighted by Crippen LogP contribution is 2.15. The molecule has 1 atom stereocenters.